The second-order valence-electron chi connectivity index (χ2n) is 9.10. The lowest BCUT2D eigenvalue weighted by Crippen LogP contribution is -2.39. The number of carbonyl (C=O) groups is 1. The molecule has 0 amide bonds. The number of ether oxygens (including phenoxy) is 1. The first-order valence-corrected chi connectivity index (χ1v) is 11.7. The monoisotopic (exact) mass is 434 g/mol. The standard InChI is InChI=1S/C26H34N4O2/c1-18(2)29-15-13-23-22(16-21(17-29)26(31)32-4)25(30-14-9-8-10-19(30)3)28-24(27-23)20-11-6-5-7-12-20/h5-7,11-12,17-19H,8-10,13-16H2,1-4H3/t19-/m0/s1. The highest BCUT2D eigenvalue weighted by Crippen LogP contribution is 2.33. The van der Waals surface area contributed by atoms with E-state index in [0.29, 0.717) is 18.0 Å². The molecule has 0 saturated carbocycles. The lowest BCUT2D eigenvalue weighted by Gasteiger charge is -2.37. The van der Waals surface area contributed by atoms with Gasteiger partial charge in [0.05, 0.1) is 18.4 Å². The summed E-state index contributed by atoms with van der Waals surface area (Å²) < 4.78 is 5.14. The molecule has 1 fully saturated rings. The number of hydrogen-bond donors (Lipinski definition) is 0. The van der Waals surface area contributed by atoms with Gasteiger partial charge in [0.25, 0.3) is 0 Å². The lowest BCUT2D eigenvalue weighted by molar-refractivity contribution is -0.136. The van der Waals surface area contributed by atoms with E-state index >= 15 is 0 Å². The second kappa shape index (κ2) is 9.72. The number of aromatic nitrogens is 2. The Kier molecular flexibility index (Phi) is 6.77. The van der Waals surface area contributed by atoms with Gasteiger partial charge in [0.15, 0.2) is 5.82 Å². The number of nitrogens with zero attached hydrogens (tertiary/aromatic N) is 4. The van der Waals surface area contributed by atoms with E-state index in [0.717, 1.165) is 60.8 Å². The summed E-state index contributed by atoms with van der Waals surface area (Å²) in [6.45, 7) is 8.34. The molecule has 0 bridgehead atoms. The number of rotatable bonds is 4. The highest BCUT2D eigenvalue weighted by molar-refractivity contribution is 5.89. The van der Waals surface area contributed by atoms with Crippen LogP contribution in [0.2, 0.25) is 0 Å². The van der Waals surface area contributed by atoms with Crippen molar-refractivity contribution in [1.82, 2.24) is 14.9 Å². The van der Waals surface area contributed by atoms with Gasteiger partial charge in [-0.3, -0.25) is 0 Å². The van der Waals surface area contributed by atoms with Gasteiger partial charge < -0.3 is 14.5 Å². The zero-order valence-electron chi connectivity index (χ0n) is 19.7. The number of benzene rings is 1. The SMILES string of the molecule is COC(=O)C1=CN(C(C)C)CCc2nc(-c3ccccc3)nc(N3CCCC[C@@H]3C)c2C1. The van der Waals surface area contributed by atoms with Gasteiger partial charge in [-0.2, -0.15) is 0 Å². The van der Waals surface area contributed by atoms with Gasteiger partial charge in [-0.15, -0.1) is 0 Å². The minimum Gasteiger partial charge on any atom is -0.466 e. The summed E-state index contributed by atoms with van der Waals surface area (Å²) in [5.41, 5.74) is 3.78. The van der Waals surface area contributed by atoms with Crippen LogP contribution in [0.15, 0.2) is 42.1 Å². The van der Waals surface area contributed by atoms with Crippen LogP contribution in [0, 0.1) is 0 Å². The first kappa shape index (κ1) is 22.3. The number of hydrogen-bond acceptors (Lipinski definition) is 6. The number of methoxy groups -OCH3 is 1. The minimum atomic E-state index is -0.284. The van der Waals surface area contributed by atoms with Crippen LogP contribution < -0.4 is 4.90 Å². The molecule has 0 radical (unpaired) electrons. The summed E-state index contributed by atoms with van der Waals surface area (Å²) in [4.78, 5) is 27.4. The molecule has 0 unspecified atom stereocenters. The van der Waals surface area contributed by atoms with Gasteiger partial charge in [0.1, 0.15) is 5.82 Å². The van der Waals surface area contributed by atoms with E-state index in [1.807, 2.05) is 24.4 Å². The van der Waals surface area contributed by atoms with Crippen LogP contribution in [-0.2, 0) is 22.4 Å². The maximum atomic E-state index is 12.7. The van der Waals surface area contributed by atoms with Crippen LogP contribution in [0.5, 0.6) is 0 Å². The third kappa shape index (κ3) is 4.64. The van der Waals surface area contributed by atoms with Crippen LogP contribution >= 0.6 is 0 Å². The van der Waals surface area contributed by atoms with Crippen molar-refractivity contribution in [2.45, 2.75) is 65.0 Å². The molecule has 32 heavy (non-hydrogen) atoms. The predicted octanol–water partition coefficient (Wildman–Crippen LogP) is 4.39. The van der Waals surface area contributed by atoms with Crippen LogP contribution in [0.4, 0.5) is 5.82 Å². The van der Waals surface area contributed by atoms with Gasteiger partial charge >= 0.3 is 5.97 Å². The summed E-state index contributed by atoms with van der Waals surface area (Å²) in [6.07, 6.45) is 6.83. The Labute approximate surface area is 191 Å². The molecule has 2 aliphatic rings. The quantitative estimate of drug-likeness (QED) is 0.666. The summed E-state index contributed by atoms with van der Waals surface area (Å²) in [5, 5.41) is 0. The van der Waals surface area contributed by atoms with E-state index in [9.17, 15) is 4.79 Å². The van der Waals surface area contributed by atoms with Crippen molar-refractivity contribution in [2.75, 3.05) is 25.1 Å². The molecule has 6 nitrogen and oxygen atoms in total. The smallest absolute Gasteiger partial charge is 0.335 e. The third-order valence-electron chi connectivity index (χ3n) is 6.58. The predicted molar refractivity (Wildman–Crippen MR) is 127 cm³/mol. The zero-order valence-corrected chi connectivity index (χ0v) is 19.7. The molecule has 2 aliphatic heterocycles. The second-order valence-corrected chi connectivity index (χ2v) is 9.10. The molecule has 0 aliphatic carbocycles. The topological polar surface area (TPSA) is 58.6 Å². The summed E-state index contributed by atoms with van der Waals surface area (Å²) in [6, 6.07) is 10.9. The molecule has 1 atom stereocenters. The van der Waals surface area contributed by atoms with Crippen molar-refractivity contribution in [1.29, 1.82) is 0 Å². The van der Waals surface area contributed by atoms with E-state index in [-0.39, 0.29) is 12.0 Å². The fraction of sp³-hybridized carbons (Fsp3) is 0.500. The Morgan fingerprint density at radius 1 is 1.12 bits per heavy atom. The first-order chi connectivity index (χ1) is 15.5. The van der Waals surface area contributed by atoms with Gasteiger partial charge in [-0.25, -0.2) is 14.8 Å². The Bertz CT molecular complexity index is 987. The fourth-order valence-electron chi connectivity index (χ4n) is 4.67. The van der Waals surface area contributed by atoms with Crippen molar-refractivity contribution in [2.24, 2.45) is 0 Å². The van der Waals surface area contributed by atoms with Crippen molar-refractivity contribution in [3.63, 3.8) is 0 Å². The van der Waals surface area contributed by atoms with E-state index < -0.39 is 0 Å². The summed E-state index contributed by atoms with van der Waals surface area (Å²) in [5.74, 6) is 1.46. The van der Waals surface area contributed by atoms with Gasteiger partial charge in [-0.1, -0.05) is 30.3 Å². The molecule has 4 rings (SSSR count). The molecule has 0 spiro atoms. The van der Waals surface area contributed by atoms with Crippen molar-refractivity contribution in [3.8, 4) is 11.4 Å². The molecular weight excluding hydrogens is 400 g/mol. The average Bonchev–Trinajstić information content (AvgIpc) is 2.79. The number of piperidine rings is 1. The van der Waals surface area contributed by atoms with Crippen molar-refractivity contribution in [3.05, 3.63) is 53.4 Å². The number of anilines is 1. The Morgan fingerprint density at radius 3 is 2.59 bits per heavy atom. The van der Waals surface area contributed by atoms with Crippen LogP contribution in [0.25, 0.3) is 11.4 Å². The van der Waals surface area contributed by atoms with Gasteiger partial charge in [0, 0.05) is 55.3 Å². The van der Waals surface area contributed by atoms with Crippen molar-refractivity contribution >= 4 is 11.8 Å². The number of esters is 1. The van der Waals surface area contributed by atoms with E-state index in [1.165, 1.54) is 13.5 Å². The highest BCUT2D eigenvalue weighted by Gasteiger charge is 2.29. The summed E-state index contributed by atoms with van der Waals surface area (Å²) >= 11 is 0. The minimum absolute atomic E-state index is 0.284. The Morgan fingerprint density at radius 2 is 1.91 bits per heavy atom. The molecule has 1 saturated heterocycles. The molecule has 3 heterocycles. The normalized spacial score (nSPS) is 19.2. The molecule has 170 valence electrons. The third-order valence-corrected chi connectivity index (χ3v) is 6.58. The Hall–Kier alpha value is -2.89. The molecule has 2 aromatic rings. The van der Waals surface area contributed by atoms with E-state index in [2.05, 4.69) is 42.7 Å². The number of carbonyl (C=O) groups excluding carboxylic acids is 1. The lowest BCUT2D eigenvalue weighted by atomic mass is 9.97. The molecule has 0 N–H and O–H groups in total. The molecular formula is C26H34N4O2. The highest BCUT2D eigenvalue weighted by atomic mass is 16.5. The summed E-state index contributed by atoms with van der Waals surface area (Å²) in [7, 11) is 1.45. The van der Waals surface area contributed by atoms with Gasteiger partial charge in [0.2, 0.25) is 0 Å². The number of fused-ring (bicyclic) bond motifs is 1. The zero-order chi connectivity index (χ0) is 22.7. The first-order valence-electron chi connectivity index (χ1n) is 11.7. The van der Waals surface area contributed by atoms with E-state index in [1.54, 1.807) is 0 Å². The van der Waals surface area contributed by atoms with Gasteiger partial charge in [-0.05, 0) is 40.0 Å². The van der Waals surface area contributed by atoms with E-state index in [4.69, 9.17) is 14.7 Å². The molecule has 1 aromatic carbocycles. The fourth-order valence-corrected chi connectivity index (χ4v) is 4.67. The maximum Gasteiger partial charge on any atom is 0.335 e. The molecule has 6 heteroatoms. The van der Waals surface area contributed by atoms with Crippen molar-refractivity contribution < 1.29 is 9.53 Å². The van der Waals surface area contributed by atoms with Crippen LogP contribution in [0.1, 0.15) is 51.3 Å². The maximum absolute atomic E-state index is 12.7. The molecule has 1 aromatic heterocycles. The largest absolute Gasteiger partial charge is 0.466 e. The average molecular weight is 435 g/mol. The Balaban J connectivity index is 1.87. The van der Waals surface area contributed by atoms with Crippen LogP contribution in [-0.4, -0.2) is 53.1 Å². The van der Waals surface area contributed by atoms with Crippen LogP contribution in [0.3, 0.4) is 0 Å².